The standard InChI is InChI=1S/C64H124O17P2/c1-7-11-13-15-16-17-24-30-36-42-48-63(68)80-59(52-74-61(66)46-40-32-14-12-8-2)54-78-82(70,71)76-50-58(65)51-77-83(72,73)79-55-60(81-64(69)49-43-37-31-26-21-19-23-28-34-39-45-57(6)10-4)53-75-62(67)47-41-35-29-25-20-18-22-27-33-38-44-56(5)9-3/h56-60,65H,7-55H2,1-6H3,(H,70,71)(H,72,73)/t56?,57?,58-,59+,60+/m0/s1. The van der Waals surface area contributed by atoms with Crippen molar-refractivity contribution >= 4 is 39.5 Å². The minimum atomic E-state index is -4.94. The maximum absolute atomic E-state index is 13.0. The van der Waals surface area contributed by atoms with Crippen LogP contribution in [0.5, 0.6) is 0 Å². The lowest BCUT2D eigenvalue weighted by Gasteiger charge is -2.21. The molecule has 492 valence electrons. The van der Waals surface area contributed by atoms with Crippen molar-refractivity contribution in [1.82, 2.24) is 0 Å². The molecule has 0 bridgehead atoms. The number of phosphoric acid groups is 2. The van der Waals surface area contributed by atoms with Gasteiger partial charge in [-0.25, -0.2) is 9.13 Å². The first kappa shape index (κ1) is 81.1. The largest absolute Gasteiger partial charge is 0.472 e. The monoisotopic (exact) mass is 1230 g/mol. The lowest BCUT2D eigenvalue weighted by Crippen LogP contribution is -2.30. The van der Waals surface area contributed by atoms with Crippen LogP contribution in [0.1, 0.15) is 318 Å². The Morgan fingerprint density at radius 3 is 0.855 bits per heavy atom. The summed E-state index contributed by atoms with van der Waals surface area (Å²) in [5.41, 5.74) is 0. The topological polar surface area (TPSA) is 237 Å². The molecule has 0 radical (unpaired) electrons. The molecule has 0 amide bonds. The molecule has 17 nitrogen and oxygen atoms in total. The molecular formula is C64H124O17P2. The van der Waals surface area contributed by atoms with Gasteiger partial charge < -0.3 is 33.8 Å². The van der Waals surface area contributed by atoms with Crippen LogP contribution in [-0.2, 0) is 65.4 Å². The Hall–Kier alpha value is -1.94. The van der Waals surface area contributed by atoms with Gasteiger partial charge in [0, 0.05) is 25.7 Å². The maximum atomic E-state index is 13.0. The molecule has 0 aliphatic heterocycles. The summed E-state index contributed by atoms with van der Waals surface area (Å²) in [5.74, 6) is -0.531. The van der Waals surface area contributed by atoms with Gasteiger partial charge in [-0.1, -0.05) is 266 Å². The normalized spacial score (nSPS) is 15.0. The van der Waals surface area contributed by atoms with E-state index >= 15 is 0 Å². The summed E-state index contributed by atoms with van der Waals surface area (Å²) in [6.07, 6.45) is 39.1. The molecule has 19 heteroatoms. The van der Waals surface area contributed by atoms with E-state index in [0.29, 0.717) is 25.7 Å². The Morgan fingerprint density at radius 2 is 0.578 bits per heavy atom. The summed E-state index contributed by atoms with van der Waals surface area (Å²) >= 11 is 0. The van der Waals surface area contributed by atoms with Crippen molar-refractivity contribution in [1.29, 1.82) is 0 Å². The van der Waals surface area contributed by atoms with E-state index in [1.165, 1.54) is 128 Å². The Labute approximate surface area is 505 Å². The van der Waals surface area contributed by atoms with Crippen LogP contribution in [0, 0.1) is 11.8 Å². The van der Waals surface area contributed by atoms with Gasteiger partial charge in [-0.2, -0.15) is 0 Å². The maximum Gasteiger partial charge on any atom is 0.472 e. The first-order chi connectivity index (χ1) is 39.9. The average Bonchev–Trinajstić information content (AvgIpc) is 3.46. The molecule has 0 spiro atoms. The van der Waals surface area contributed by atoms with E-state index in [1.54, 1.807) is 0 Å². The zero-order valence-electron chi connectivity index (χ0n) is 53.5. The number of unbranched alkanes of at least 4 members (excludes halogenated alkanes) is 31. The van der Waals surface area contributed by atoms with Gasteiger partial charge in [0.05, 0.1) is 26.4 Å². The number of carbonyl (C=O) groups excluding carboxylic acids is 4. The third kappa shape index (κ3) is 56.3. The number of rotatable bonds is 63. The molecule has 0 aromatic rings. The molecule has 0 aromatic carbocycles. The highest BCUT2D eigenvalue weighted by Gasteiger charge is 2.30. The van der Waals surface area contributed by atoms with E-state index in [4.69, 9.17) is 37.0 Å². The van der Waals surface area contributed by atoms with E-state index in [2.05, 4.69) is 41.5 Å². The number of aliphatic hydroxyl groups is 1. The van der Waals surface area contributed by atoms with E-state index in [1.807, 2.05) is 0 Å². The Balaban J connectivity index is 5.19. The van der Waals surface area contributed by atoms with Crippen molar-refractivity contribution in [3.05, 3.63) is 0 Å². The Bertz CT molecular complexity index is 1640. The first-order valence-electron chi connectivity index (χ1n) is 33.6. The molecule has 0 aromatic heterocycles. The van der Waals surface area contributed by atoms with Gasteiger partial charge in [0.2, 0.25) is 0 Å². The number of aliphatic hydroxyl groups excluding tert-OH is 1. The number of esters is 4. The molecule has 7 atom stereocenters. The Kier molecular flexibility index (Phi) is 55.2. The fraction of sp³-hybridized carbons (Fsp3) is 0.938. The average molecular weight is 1230 g/mol. The van der Waals surface area contributed by atoms with Gasteiger partial charge >= 0.3 is 39.5 Å². The number of hydrogen-bond acceptors (Lipinski definition) is 15. The van der Waals surface area contributed by atoms with Crippen LogP contribution in [-0.4, -0.2) is 96.7 Å². The highest BCUT2D eigenvalue weighted by Crippen LogP contribution is 2.45. The van der Waals surface area contributed by atoms with Crippen molar-refractivity contribution in [3.63, 3.8) is 0 Å². The zero-order chi connectivity index (χ0) is 61.5. The second-order valence-corrected chi connectivity index (χ2v) is 26.5. The van der Waals surface area contributed by atoms with Crippen LogP contribution in [0.25, 0.3) is 0 Å². The lowest BCUT2D eigenvalue weighted by atomic mass is 9.99. The number of carbonyl (C=O) groups is 4. The van der Waals surface area contributed by atoms with Crippen LogP contribution < -0.4 is 0 Å². The predicted molar refractivity (Wildman–Crippen MR) is 331 cm³/mol. The zero-order valence-corrected chi connectivity index (χ0v) is 55.3. The SMILES string of the molecule is CCCCCCCCCCCCC(=O)O[C@H](COC(=O)CCCCCCC)COP(=O)(O)OC[C@H](O)COP(=O)(O)OC[C@@H](COC(=O)CCCCCCCCCCCCC(C)CC)OC(=O)CCCCCCCCCCCCC(C)CC. The van der Waals surface area contributed by atoms with Crippen LogP contribution >= 0.6 is 15.6 Å². The van der Waals surface area contributed by atoms with Crippen molar-refractivity contribution < 1.29 is 80.2 Å². The summed E-state index contributed by atoms with van der Waals surface area (Å²) in [4.78, 5) is 72.0. The summed E-state index contributed by atoms with van der Waals surface area (Å²) in [6.45, 7) is 9.46. The van der Waals surface area contributed by atoms with Gasteiger partial charge in [-0.3, -0.25) is 37.3 Å². The molecule has 83 heavy (non-hydrogen) atoms. The Morgan fingerprint density at radius 1 is 0.337 bits per heavy atom. The van der Waals surface area contributed by atoms with Crippen LogP contribution in [0.3, 0.4) is 0 Å². The minimum Gasteiger partial charge on any atom is -0.462 e. The van der Waals surface area contributed by atoms with E-state index in [9.17, 15) is 43.2 Å². The third-order valence-electron chi connectivity index (χ3n) is 15.4. The molecule has 0 rings (SSSR count). The summed E-state index contributed by atoms with van der Waals surface area (Å²) < 4.78 is 67.8. The fourth-order valence-corrected chi connectivity index (χ4v) is 11.0. The third-order valence-corrected chi connectivity index (χ3v) is 17.3. The van der Waals surface area contributed by atoms with Gasteiger partial charge in [-0.05, 0) is 37.5 Å². The van der Waals surface area contributed by atoms with Crippen LogP contribution in [0.2, 0.25) is 0 Å². The fourth-order valence-electron chi connectivity index (χ4n) is 9.47. The van der Waals surface area contributed by atoms with E-state index in [0.717, 1.165) is 108 Å². The molecule has 3 N–H and O–H groups in total. The summed E-state index contributed by atoms with van der Waals surface area (Å²) in [5, 5.41) is 10.5. The van der Waals surface area contributed by atoms with Gasteiger partial charge in [0.1, 0.15) is 19.3 Å². The van der Waals surface area contributed by atoms with E-state index < -0.39 is 97.5 Å². The highest BCUT2D eigenvalue weighted by atomic mass is 31.2. The lowest BCUT2D eigenvalue weighted by molar-refractivity contribution is -0.161. The number of ether oxygens (including phenoxy) is 4. The number of phosphoric ester groups is 2. The number of hydrogen-bond donors (Lipinski definition) is 3. The quantitative estimate of drug-likeness (QED) is 0.0222. The molecule has 0 saturated heterocycles. The first-order valence-corrected chi connectivity index (χ1v) is 36.6. The molecule has 0 fully saturated rings. The summed E-state index contributed by atoms with van der Waals surface area (Å²) in [7, 11) is -9.88. The molecule has 4 unspecified atom stereocenters. The molecule has 0 heterocycles. The molecule has 0 aliphatic carbocycles. The minimum absolute atomic E-state index is 0.105. The van der Waals surface area contributed by atoms with Gasteiger partial charge in [-0.15, -0.1) is 0 Å². The van der Waals surface area contributed by atoms with Crippen LogP contribution in [0.4, 0.5) is 0 Å². The second-order valence-electron chi connectivity index (χ2n) is 23.6. The van der Waals surface area contributed by atoms with Crippen molar-refractivity contribution in [2.75, 3.05) is 39.6 Å². The van der Waals surface area contributed by atoms with Crippen molar-refractivity contribution in [2.24, 2.45) is 11.8 Å². The molecular weight excluding hydrogens is 1100 g/mol. The van der Waals surface area contributed by atoms with Crippen molar-refractivity contribution in [3.8, 4) is 0 Å². The predicted octanol–water partition coefficient (Wildman–Crippen LogP) is 17.7. The van der Waals surface area contributed by atoms with Gasteiger partial charge in [0.25, 0.3) is 0 Å². The van der Waals surface area contributed by atoms with Crippen LogP contribution in [0.15, 0.2) is 0 Å². The molecule has 0 aliphatic rings. The van der Waals surface area contributed by atoms with Crippen molar-refractivity contribution in [2.45, 2.75) is 336 Å². The highest BCUT2D eigenvalue weighted by molar-refractivity contribution is 7.47. The second kappa shape index (κ2) is 56.6. The summed E-state index contributed by atoms with van der Waals surface area (Å²) in [6, 6.07) is 0. The van der Waals surface area contributed by atoms with Gasteiger partial charge in [0.15, 0.2) is 12.2 Å². The smallest absolute Gasteiger partial charge is 0.462 e. The molecule has 0 saturated carbocycles. The van der Waals surface area contributed by atoms with E-state index in [-0.39, 0.29) is 25.7 Å².